The SMILES string of the molecule is CCc1ccccc1NC(=O)CCCn1nc(C)c2sc3ccccc3c2c1=O. The lowest BCUT2D eigenvalue weighted by Crippen LogP contribution is -2.24. The van der Waals surface area contributed by atoms with Crippen LogP contribution in [0.25, 0.3) is 20.2 Å². The maximum absolute atomic E-state index is 13.0. The van der Waals surface area contributed by atoms with E-state index in [0.29, 0.717) is 19.4 Å². The predicted octanol–water partition coefficient (Wildman–Crippen LogP) is 4.90. The van der Waals surface area contributed by atoms with Gasteiger partial charge in [-0.15, -0.1) is 11.3 Å². The highest BCUT2D eigenvalue weighted by Gasteiger charge is 2.14. The van der Waals surface area contributed by atoms with Crippen LogP contribution in [0.15, 0.2) is 53.3 Å². The minimum Gasteiger partial charge on any atom is -0.326 e. The first-order chi connectivity index (χ1) is 14.1. The Kier molecular flexibility index (Phi) is 5.45. The normalized spacial score (nSPS) is 11.2. The summed E-state index contributed by atoms with van der Waals surface area (Å²) in [4.78, 5) is 25.4. The molecule has 6 heteroatoms. The van der Waals surface area contributed by atoms with Gasteiger partial charge in [0.1, 0.15) is 0 Å². The molecule has 0 unspecified atom stereocenters. The number of thiophene rings is 1. The van der Waals surface area contributed by atoms with Gasteiger partial charge < -0.3 is 5.32 Å². The van der Waals surface area contributed by atoms with Crippen molar-refractivity contribution in [3.8, 4) is 0 Å². The summed E-state index contributed by atoms with van der Waals surface area (Å²) in [6.45, 7) is 4.42. The van der Waals surface area contributed by atoms with Crippen LogP contribution in [0.2, 0.25) is 0 Å². The molecule has 0 saturated carbocycles. The van der Waals surface area contributed by atoms with Gasteiger partial charge in [-0.05, 0) is 37.5 Å². The van der Waals surface area contributed by atoms with Gasteiger partial charge >= 0.3 is 0 Å². The molecule has 2 heterocycles. The molecule has 0 saturated heterocycles. The van der Waals surface area contributed by atoms with Crippen molar-refractivity contribution in [2.75, 3.05) is 5.32 Å². The van der Waals surface area contributed by atoms with Gasteiger partial charge in [-0.3, -0.25) is 9.59 Å². The number of carbonyl (C=O) groups excluding carboxylic acids is 1. The molecule has 0 bridgehead atoms. The van der Waals surface area contributed by atoms with E-state index >= 15 is 0 Å². The lowest BCUT2D eigenvalue weighted by molar-refractivity contribution is -0.116. The fraction of sp³-hybridized carbons (Fsp3) is 0.261. The molecule has 4 rings (SSSR count). The van der Waals surface area contributed by atoms with Crippen molar-refractivity contribution in [3.63, 3.8) is 0 Å². The number of nitrogens with one attached hydrogen (secondary N) is 1. The second-order valence-corrected chi connectivity index (χ2v) is 8.13. The van der Waals surface area contributed by atoms with E-state index in [4.69, 9.17) is 0 Å². The number of nitrogens with zero attached hydrogens (tertiary/aromatic N) is 2. The molecule has 0 aliphatic rings. The summed E-state index contributed by atoms with van der Waals surface area (Å²) < 4.78 is 3.54. The number of fused-ring (bicyclic) bond motifs is 3. The van der Waals surface area contributed by atoms with E-state index < -0.39 is 0 Å². The molecular formula is C23H23N3O2S. The lowest BCUT2D eigenvalue weighted by atomic mass is 10.1. The third-order valence-electron chi connectivity index (χ3n) is 5.09. The zero-order chi connectivity index (χ0) is 20.4. The van der Waals surface area contributed by atoms with Crippen molar-refractivity contribution in [3.05, 3.63) is 70.1 Å². The molecule has 5 nitrogen and oxygen atoms in total. The van der Waals surface area contributed by atoms with Gasteiger partial charge in [-0.25, -0.2) is 4.68 Å². The van der Waals surface area contributed by atoms with Crippen LogP contribution in [0.4, 0.5) is 5.69 Å². The van der Waals surface area contributed by atoms with E-state index in [0.717, 1.165) is 43.5 Å². The van der Waals surface area contributed by atoms with Crippen LogP contribution in [0.1, 0.15) is 31.0 Å². The Morgan fingerprint density at radius 2 is 1.90 bits per heavy atom. The van der Waals surface area contributed by atoms with Gasteiger partial charge in [0.2, 0.25) is 5.91 Å². The second-order valence-electron chi connectivity index (χ2n) is 7.08. The topological polar surface area (TPSA) is 64.0 Å². The van der Waals surface area contributed by atoms with Crippen LogP contribution in [0, 0.1) is 6.92 Å². The molecule has 1 N–H and O–H groups in total. The van der Waals surface area contributed by atoms with Gasteiger partial charge in [-0.2, -0.15) is 5.10 Å². The van der Waals surface area contributed by atoms with E-state index in [2.05, 4.69) is 17.3 Å². The molecule has 0 fully saturated rings. The predicted molar refractivity (Wildman–Crippen MR) is 120 cm³/mol. The molecule has 0 radical (unpaired) electrons. The molecule has 0 atom stereocenters. The first kappa shape index (κ1) is 19.3. The van der Waals surface area contributed by atoms with E-state index in [1.54, 1.807) is 11.3 Å². The lowest BCUT2D eigenvalue weighted by Gasteiger charge is -2.10. The van der Waals surface area contributed by atoms with Crippen LogP contribution < -0.4 is 10.9 Å². The minimum atomic E-state index is -0.0835. The highest BCUT2D eigenvalue weighted by Crippen LogP contribution is 2.32. The van der Waals surface area contributed by atoms with Gasteiger partial charge in [-0.1, -0.05) is 43.3 Å². The summed E-state index contributed by atoms with van der Waals surface area (Å²) in [6, 6.07) is 15.8. The second kappa shape index (κ2) is 8.17. The number of aryl methyl sites for hydroxylation is 3. The molecule has 0 aliphatic heterocycles. The van der Waals surface area contributed by atoms with E-state index in [1.807, 2.05) is 55.5 Å². The Labute approximate surface area is 173 Å². The summed E-state index contributed by atoms with van der Waals surface area (Å²) in [5.74, 6) is -0.0438. The number of carbonyl (C=O) groups is 1. The van der Waals surface area contributed by atoms with E-state index in [-0.39, 0.29) is 11.5 Å². The average Bonchev–Trinajstić information content (AvgIpc) is 3.12. The molecule has 1 amide bonds. The Hall–Kier alpha value is -2.99. The summed E-state index contributed by atoms with van der Waals surface area (Å²) >= 11 is 1.60. The van der Waals surface area contributed by atoms with Gasteiger partial charge in [0.25, 0.3) is 5.56 Å². The quantitative estimate of drug-likeness (QED) is 0.496. The zero-order valence-corrected chi connectivity index (χ0v) is 17.4. The first-order valence-electron chi connectivity index (χ1n) is 9.85. The smallest absolute Gasteiger partial charge is 0.276 e. The molecule has 2 aromatic carbocycles. The molecule has 0 aliphatic carbocycles. The summed E-state index contributed by atoms with van der Waals surface area (Å²) in [7, 11) is 0. The van der Waals surface area contributed by atoms with Crippen LogP contribution in [-0.2, 0) is 17.8 Å². The molecule has 29 heavy (non-hydrogen) atoms. The Bertz CT molecular complexity index is 1260. The van der Waals surface area contributed by atoms with Crippen LogP contribution in [0.3, 0.4) is 0 Å². The van der Waals surface area contributed by atoms with Gasteiger partial charge in [0, 0.05) is 28.7 Å². The largest absolute Gasteiger partial charge is 0.326 e. The van der Waals surface area contributed by atoms with E-state index in [1.165, 1.54) is 4.68 Å². The fourth-order valence-corrected chi connectivity index (χ4v) is 4.75. The summed E-state index contributed by atoms with van der Waals surface area (Å²) in [6.07, 6.45) is 1.76. The number of para-hydroxylation sites is 1. The number of hydrogen-bond acceptors (Lipinski definition) is 4. The number of benzene rings is 2. The van der Waals surface area contributed by atoms with Crippen molar-refractivity contribution in [2.24, 2.45) is 0 Å². The van der Waals surface area contributed by atoms with Crippen molar-refractivity contribution >= 4 is 43.1 Å². The van der Waals surface area contributed by atoms with Crippen LogP contribution in [0.5, 0.6) is 0 Å². The highest BCUT2D eigenvalue weighted by atomic mass is 32.1. The minimum absolute atomic E-state index is 0.0438. The molecule has 2 aromatic heterocycles. The number of anilines is 1. The third kappa shape index (κ3) is 3.80. The first-order valence-corrected chi connectivity index (χ1v) is 10.7. The number of rotatable bonds is 6. The monoisotopic (exact) mass is 405 g/mol. The molecule has 4 aromatic rings. The van der Waals surface area contributed by atoms with Crippen molar-refractivity contribution in [1.29, 1.82) is 0 Å². The van der Waals surface area contributed by atoms with Crippen molar-refractivity contribution in [2.45, 2.75) is 39.7 Å². The van der Waals surface area contributed by atoms with E-state index in [9.17, 15) is 9.59 Å². The molecule has 0 spiro atoms. The van der Waals surface area contributed by atoms with Crippen molar-refractivity contribution < 1.29 is 4.79 Å². The van der Waals surface area contributed by atoms with Gasteiger partial charge in [0.15, 0.2) is 0 Å². The maximum Gasteiger partial charge on any atom is 0.276 e. The number of amides is 1. The highest BCUT2D eigenvalue weighted by molar-refractivity contribution is 7.26. The van der Waals surface area contributed by atoms with Crippen molar-refractivity contribution in [1.82, 2.24) is 9.78 Å². The number of aromatic nitrogens is 2. The van der Waals surface area contributed by atoms with Gasteiger partial charge in [0.05, 0.1) is 15.8 Å². The fourth-order valence-electron chi connectivity index (χ4n) is 3.62. The zero-order valence-electron chi connectivity index (χ0n) is 16.6. The Morgan fingerprint density at radius 3 is 2.72 bits per heavy atom. The molecule has 148 valence electrons. The number of hydrogen-bond donors (Lipinski definition) is 1. The average molecular weight is 406 g/mol. The molecular weight excluding hydrogens is 382 g/mol. The van der Waals surface area contributed by atoms with Crippen LogP contribution in [-0.4, -0.2) is 15.7 Å². The Morgan fingerprint density at radius 1 is 1.14 bits per heavy atom. The Balaban J connectivity index is 1.50. The third-order valence-corrected chi connectivity index (χ3v) is 6.37. The standard InChI is InChI=1S/C23H23N3O2S/c1-3-16-9-4-6-11-18(16)24-20(27)13-8-14-26-23(28)21-17-10-5-7-12-19(17)29-22(21)15(2)25-26/h4-7,9-12H,3,8,13-14H2,1-2H3,(H,24,27). The summed E-state index contributed by atoms with van der Waals surface area (Å²) in [5, 5.41) is 9.18. The van der Waals surface area contributed by atoms with Crippen LogP contribution >= 0.6 is 11.3 Å². The maximum atomic E-state index is 13.0. The summed E-state index contributed by atoms with van der Waals surface area (Å²) in [5.41, 5.74) is 2.74.